The van der Waals surface area contributed by atoms with Gasteiger partial charge in [-0.1, -0.05) is 0 Å². The molecule has 216 valence electrons. The normalized spacial score (nSPS) is 16.5. The monoisotopic (exact) mass is 566 g/mol. The van der Waals surface area contributed by atoms with Gasteiger partial charge in [0.05, 0.1) is 18.4 Å². The lowest BCUT2D eigenvalue weighted by molar-refractivity contribution is 0.101. The summed E-state index contributed by atoms with van der Waals surface area (Å²) in [6, 6.07) is 14.7. The number of amides is 2. The fourth-order valence-corrected chi connectivity index (χ4v) is 5.59. The van der Waals surface area contributed by atoms with E-state index in [0.29, 0.717) is 17.0 Å². The van der Waals surface area contributed by atoms with E-state index in [2.05, 4.69) is 43.1 Å². The Kier molecular flexibility index (Phi) is 7.64. The topological polar surface area (TPSA) is 101 Å². The number of aromatic nitrogens is 2. The molecular weight excluding hydrogens is 532 g/mol. The molecule has 6 rings (SSSR count). The summed E-state index contributed by atoms with van der Waals surface area (Å²) in [7, 11) is 5.35. The number of piperazine rings is 1. The van der Waals surface area contributed by atoms with E-state index in [9.17, 15) is 9.59 Å². The number of methoxy groups -OCH3 is 1. The van der Waals surface area contributed by atoms with Gasteiger partial charge >= 0.3 is 6.03 Å². The smallest absolute Gasteiger partial charge is 0.318 e. The van der Waals surface area contributed by atoms with Crippen LogP contribution in [0.1, 0.15) is 15.9 Å². The predicted molar refractivity (Wildman–Crippen MR) is 163 cm³/mol. The third kappa shape index (κ3) is 5.34. The molecular formula is C32H34N6O4. The van der Waals surface area contributed by atoms with E-state index in [1.807, 2.05) is 30.3 Å². The Bertz CT molecular complexity index is 1670. The number of allylic oxidation sites excluding steroid dienone is 1. The minimum absolute atomic E-state index is 0.221. The molecule has 4 aromatic rings. The maximum Gasteiger partial charge on any atom is 0.318 e. The molecule has 2 aliphatic heterocycles. The first kappa shape index (κ1) is 27.5. The standard InChI is InChI=1S/C32H34N6O4/c1-33-32(40)35-22-4-7-28-26(18-22)31(39)29(42-28)20-25-24-19-23(41-3)5-6-27(24)38(30(25)21-8-10-34-11-9-21)17-16-37-14-12-36(2)13-15-37/h4-11,18-20H,12-17H2,1-3H3,(H2,33,35,40). The summed E-state index contributed by atoms with van der Waals surface area (Å²) in [6.07, 6.45) is 5.39. The minimum Gasteiger partial charge on any atom is -0.497 e. The molecule has 0 bridgehead atoms. The van der Waals surface area contributed by atoms with Crippen molar-refractivity contribution in [2.45, 2.75) is 6.54 Å². The Morgan fingerprint density at radius 3 is 2.57 bits per heavy atom. The van der Waals surface area contributed by atoms with E-state index in [0.717, 1.165) is 72.7 Å². The SMILES string of the molecule is CNC(=O)Nc1ccc2c(c1)C(=O)C(=Cc1c(-c3ccncc3)n(CCN3CCN(C)CC3)c3ccc(OC)cc13)O2. The number of pyridine rings is 1. The number of fused-ring (bicyclic) bond motifs is 2. The minimum atomic E-state index is -0.364. The van der Waals surface area contributed by atoms with E-state index in [4.69, 9.17) is 9.47 Å². The lowest BCUT2D eigenvalue weighted by Crippen LogP contribution is -2.45. The van der Waals surface area contributed by atoms with Gasteiger partial charge in [0.15, 0.2) is 5.76 Å². The van der Waals surface area contributed by atoms with Crippen LogP contribution in [0, 0.1) is 0 Å². The van der Waals surface area contributed by atoms with E-state index < -0.39 is 0 Å². The van der Waals surface area contributed by atoms with Gasteiger partial charge in [-0.2, -0.15) is 0 Å². The van der Waals surface area contributed by atoms with Crippen LogP contribution in [-0.2, 0) is 6.54 Å². The van der Waals surface area contributed by atoms with Crippen molar-refractivity contribution in [3.05, 3.63) is 77.8 Å². The Balaban J connectivity index is 1.45. The van der Waals surface area contributed by atoms with Crippen LogP contribution in [0.4, 0.5) is 10.5 Å². The van der Waals surface area contributed by atoms with Crippen molar-refractivity contribution in [1.82, 2.24) is 24.7 Å². The highest BCUT2D eigenvalue weighted by molar-refractivity contribution is 6.16. The molecule has 0 radical (unpaired) electrons. The van der Waals surface area contributed by atoms with Crippen molar-refractivity contribution in [3.63, 3.8) is 0 Å². The number of carbonyl (C=O) groups excluding carboxylic acids is 2. The van der Waals surface area contributed by atoms with Crippen molar-refractivity contribution in [1.29, 1.82) is 0 Å². The number of anilines is 1. The van der Waals surface area contributed by atoms with Crippen LogP contribution < -0.4 is 20.1 Å². The number of nitrogens with one attached hydrogen (secondary N) is 2. The van der Waals surface area contributed by atoms with Crippen LogP contribution in [0.2, 0.25) is 0 Å². The number of ether oxygens (including phenoxy) is 2. The van der Waals surface area contributed by atoms with Crippen LogP contribution in [0.15, 0.2) is 66.7 Å². The summed E-state index contributed by atoms with van der Waals surface area (Å²) >= 11 is 0. The Hall–Kier alpha value is -4.67. The third-order valence-corrected chi connectivity index (χ3v) is 7.93. The van der Waals surface area contributed by atoms with Crippen LogP contribution in [0.3, 0.4) is 0 Å². The van der Waals surface area contributed by atoms with Gasteiger partial charge in [0.1, 0.15) is 11.5 Å². The van der Waals surface area contributed by atoms with Gasteiger partial charge in [0.25, 0.3) is 0 Å². The van der Waals surface area contributed by atoms with Crippen LogP contribution in [0.5, 0.6) is 11.5 Å². The van der Waals surface area contributed by atoms with Crippen molar-refractivity contribution < 1.29 is 19.1 Å². The lowest BCUT2D eigenvalue weighted by Gasteiger charge is -2.32. The molecule has 0 aliphatic carbocycles. The number of hydrogen-bond acceptors (Lipinski definition) is 7. The molecule has 2 amide bonds. The first-order chi connectivity index (χ1) is 20.4. The number of rotatable bonds is 7. The number of Topliss-reactive ketones (excluding diaryl/α,β-unsaturated/α-hetero) is 1. The first-order valence-electron chi connectivity index (χ1n) is 14.0. The first-order valence-corrected chi connectivity index (χ1v) is 14.0. The van der Waals surface area contributed by atoms with Crippen LogP contribution in [-0.4, -0.2) is 85.1 Å². The highest BCUT2D eigenvalue weighted by Gasteiger charge is 2.29. The molecule has 0 saturated carbocycles. The molecule has 0 atom stereocenters. The second-order valence-electron chi connectivity index (χ2n) is 10.5. The van der Waals surface area contributed by atoms with Gasteiger partial charge in [0.2, 0.25) is 5.78 Å². The van der Waals surface area contributed by atoms with E-state index in [1.165, 1.54) is 7.05 Å². The Morgan fingerprint density at radius 2 is 1.83 bits per heavy atom. The number of hydrogen-bond donors (Lipinski definition) is 2. The van der Waals surface area contributed by atoms with Gasteiger partial charge in [-0.05, 0) is 61.7 Å². The molecule has 2 aromatic heterocycles. The van der Waals surface area contributed by atoms with Gasteiger partial charge < -0.3 is 29.6 Å². The molecule has 1 fully saturated rings. The molecule has 2 aromatic carbocycles. The second-order valence-corrected chi connectivity index (χ2v) is 10.5. The largest absolute Gasteiger partial charge is 0.497 e. The second kappa shape index (κ2) is 11.7. The predicted octanol–water partition coefficient (Wildman–Crippen LogP) is 4.33. The summed E-state index contributed by atoms with van der Waals surface area (Å²) < 4.78 is 14.0. The number of carbonyl (C=O) groups is 2. The third-order valence-electron chi connectivity index (χ3n) is 7.93. The van der Waals surface area contributed by atoms with Crippen molar-refractivity contribution in [3.8, 4) is 22.8 Å². The van der Waals surface area contributed by atoms with Gasteiger partial charge in [0, 0.05) is 86.4 Å². The van der Waals surface area contributed by atoms with Gasteiger partial charge in [-0.3, -0.25) is 14.7 Å². The molecule has 1 saturated heterocycles. The quantitative estimate of drug-likeness (QED) is 0.321. The maximum atomic E-state index is 13.6. The number of benzene rings is 2. The van der Waals surface area contributed by atoms with Gasteiger partial charge in [-0.15, -0.1) is 0 Å². The lowest BCUT2D eigenvalue weighted by atomic mass is 10.0. The molecule has 4 heterocycles. The summed E-state index contributed by atoms with van der Waals surface area (Å²) in [6.45, 7) is 5.85. The Morgan fingerprint density at radius 1 is 1.05 bits per heavy atom. The fourth-order valence-electron chi connectivity index (χ4n) is 5.59. The van der Waals surface area contributed by atoms with Crippen molar-refractivity contribution >= 4 is 34.5 Å². The molecule has 10 nitrogen and oxygen atoms in total. The highest BCUT2D eigenvalue weighted by atomic mass is 16.5. The Labute approximate surface area is 244 Å². The van der Waals surface area contributed by atoms with E-state index in [-0.39, 0.29) is 17.6 Å². The van der Waals surface area contributed by atoms with Crippen molar-refractivity contribution in [2.75, 3.05) is 59.2 Å². The molecule has 0 spiro atoms. The zero-order valence-corrected chi connectivity index (χ0v) is 24.0. The molecule has 10 heteroatoms. The van der Waals surface area contributed by atoms with Crippen LogP contribution >= 0.6 is 0 Å². The summed E-state index contributed by atoms with van der Waals surface area (Å²) in [5.41, 5.74) is 4.80. The average Bonchev–Trinajstić information content (AvgIpc) is 3.50. The number of likely N-dealkylation sites (N-methyl/N-ethyl adjacent to an activating group) is 1. The summed E-state index contributed by atoms with van der Waals surface area (Å²) in [5, 5.41) is 6.19. The zero-order chi connectivity index (χ0) is 29.2. The number of urea groups is 1. The molecule has 0 unspecified atom stereocenters. The number of nitrogens with zero attached hydrogens (tertiary/aromatic N) is 4. The number of ketones is 1. The zero-order valence-electron chi connectivity index (χ0n) is 24.0. The van der Waals surface area contributed by atoms with E-state index >= 15 is 0 Å². The van der Waals surface area contributed by atoms with Crippen molar-refractivity contribution in [2.24, 2.45) is 0 Å². The van der Waals surface area contributed by atoms with Crippen LogP contribution in [0.25, 0.3) is 28.2 Å². The van der Waals surface area contributed by atoms with Gasteiger partial charge in [-0.25, -0.2) is 4.79 Å². The summed E-state index contributed by atoms with van der Waals surface area (Å²) in [5.74, 6) is 1.16. The maximum absolute atomic E-state index is 13.6. The fraction of sp³-hybridized carbons (Fsp3) is 0.281. The highest BCUT2D eigenvalue weighted by Crippen LogP contribution is 2.40. The average molecular weight is 567 g/mol. The summed E-state index contributed by atoms with van der Waals surface area (Å²) in [4.78, 5) is 34.5. The molecule has 2 N–H and O–H groups in total. The van der Waals surface area contributed by atoms with E-state index in [1.54, 1.807) is 37.7 Å². The molecule has 42 heavy (non-hydrogen) atoms. The molecule has 2 aliphatic rings.